The Morgan fingerprint density at radius 1 is 1.30 bits per heavy atom. The summed E-state index contributed by atoms with van der Waals surface area (Å²) in [5.74, 6) is -0.228. The third-order valence-electron chi connectivity index (χ3n) is 4.18. The molecular weight excluding hydrogens is 297 g/mol. The fraction of sp³-hybridized carbons (Fsp3) is 0.571. The molecule has 1 aromatic heterocycles. The number of hydrogen-bond acceptors (Lipinski definition) is 3. The van der Waals surface area contributed by atoms with E-state index in [1.54, 1.807) is 12.1 Å². The van der Waals surface area contributed by atoms with Gasteiger partial charge in [-0.25, -0.2) is 4.98 Å². The molecule has 2 aliphatic heterocycles. The normalized spacial score (nSPS) is 26.3. The number of fused-ring (bicyclic) bond motifs is 1. The minimum absolute atomic E-state index is 0.207. The first-order valence-corrected chi connectivity index (χ1v) is 7.76. The van der Waals surface area contributed by atoms with Crippen LogP contribution in [0.1, 0.15) is 36.2 Å². The lowest BCUT2D eigenvalue weighted by molar-refractivity contribution is 0.0891. The van der Waals surface area contributed by atoms with Crippen LogP contribution in [-0.2, 0) is 0 Å². The third kappa shape index (κ3) is 2.92. The van der Waals surface area contributed by atoms with Gasteiger partial charge in [-0.2, -0.15) is 0 Å². The highest BCUT2D eigenvalue weighted by molar-refractivity contribution is 6.34. The lowest BCUT2D eigenvalue weighted by atomic mass is 9.97. The zero-order valence-electron chi connectivity index (χ0n) is 11.1. The molecular formula is C14H17Cl2N3O. The summed E-state index contributed by atoms with van der Waals surface area (Å²) in [5, 5.41) is 3.67. The summed E-state index contributed by atoms with van der Waals surface area (Å²) >= 11 is 11.8. The SMILES string of the molecule is O=C(NC1CCN2CCCC2C1)c1nc(Cl)ccc1Cl. The lowest BCUT2D eigenvalue weighted by Crippen LogP contribution is -2.47. The second-order valence-electron chi connectivity index (χ2n) is 5.49. The van der Waals surface area contributed by atoms with Gasteiger partial charge < -0.3 is 10.2 Å². The average Bonchev–Trinajstić information content (AvgIpc) is 2.89. The van der Waals surface area contributed by atoms with Crippen molar-refractivity contribution in [3.05, 3.63) is 28.0 Å². The quantitative estimate of drug-likeness (QED) is 0.854. The van der Waals surface area contributed by atoms with Crippen molar-refractivity contribution < 1.29 is 4.79 Å². The summed E-state index contributed by atoms with van der Waals surface area (Å²) in [5.41, 5.74) is 0.216. The van der Waals surface area contributed by atoms with E-state index < -0.39 is 0 Å². The van der Waals surface area contributed by atoms with Gasteiger partial charge in [0.15, 0.2) is 0 Å². The van der Waals surface area contributed by atoms with E-state index in [-0.39, 0.29) is 22.8 Å². The highest BCUT2D eigenvalue weighted by atomic mass is 35.5. The second kappa shape index (κ2) is 5.88. The largest absolute Gasteiger partial charge is 0.348 e. The predicted octanol–water partition coefficient (Wildman–Crippen LogP) is 2.75. The van der Waals surface area contributed by atoms with Crippen LogP contribution in [0.15, 0.2) is 12.1 Å². The molecule has 0 aliphatic carbocycles. The molecule has 2 saturated heterocycles. The zero-order chi connectivity index (χ0) is 14.1. The summed E-state index contributed by atoms with van der Waals surface area (Å²) in [6, 6.07) is 4.01. The third-order valence-corrected chi connectivity index (χ3v) is 4.70. The van der Waals surface area contributed by atoms with Gasteiger partial charge in [-0.3, -0.25) is 4.79 Å². The fourth-order valence-electron chi connectivity index (χ4n) is 3.19. The molecule has 0 saturated carbocycles. The van der Waals surface area contributed by atoms with E-state index in [2.05, 4.69) is 15.2 Å². The standard InChI is InChI=1S/C14H17Cl2N3O/c15-11-3-4-12(16)18-13(11)14(20)17-9-5-7-19-6-1-2-10(19)8-9/h3-4,9-10H,1-2,5-8H2,(H,17,20). The van der Waals surface area contributed by atoms with E-state index in [1.807, 2.05) is 0 Å². The minimum Gasteiger partial charge on any atom is -0.348 e. The molecule has 0 aromatic carbocycles. The zero-order valence-corrected chi connectivity index (χ0v) is 12.6. The highest BCUT2D eigenvalue weighted by Gasteiger charge is 2.32. The number of halogens is 2. The van der Waals surface area contributed by atoms with Gasteiger partial charge in [0.25, 0.3) is 5.91 Å². The maximum absolute atomic E-state index is 12.2. The molecule has 4 nitrogen and oxygen atoms in total. The number of rotatable bonds is 2. The molecule has 1 amide bonds. The molecule has 2 fully saturated rings. The number of amides is 1. The Balaban J connectivity index is 1.65. The molecule has 2 aliphatic rings. The van der Waals surface area contributed by atoms with Crippen LogP contribution in [0.3, 0.4) is 0 Å². The Bertz CT molecular complexity index is 523. The number of aromatic nitrogens is 1. The van der Waals surface area contributed by atoms with E-state index in [4.69, 9.17) is 23.2 Å². The van der Waals surface area contributed by atoms with Gasteiger partial charge in [0, 0.05) is 18.6 Å². The topological polar surface area (TPSA) is 45.2 Å². The van der Waals surface area contributed by atoms with Crippen molar-refractivity contribution in [2.75, 3.05) is 13.1 Å². The van der Waals surface area contributed by atoms with Gasteiger partial charge in [0.1, 0.15) is 10.8 Å². The van der Waals surface area contributed by atoms with Crippen LogP contribution in [0.25, 0.3) is 0 Å². The van der Waals surface area contributed by atoms with Crippen molar-refractivity contribution in [2.45, 2.75) is 37.8 Å². The van der Waals surface area contributed by atoms with Crippen LogP contribution in [-0.4, -0.2) is 41.0 Å². The van der Waals surface area contributed by atoms with Crippen molar-refractivity contribution in [1.29, 1.82) is 0 Å². The van der Waals surface area contributed by atoms with E-state index in [1.165, 1.54) is 19.4 Å². The van der Waals surface area contributed by atoms with Crippen LogP contribution in [0.2, 0.25) is 10.2 Å². The van der Waals surface area contributed by atoms with Crippen molar-refractivity contribution >= 4 is 29.1 Å². The number of nitrogens with zero attached hydrogens (tertiary/aromatic N) is 2. The molecule has 0 spiro atoms. The smallest absolute Gasteiger partial charge is 0.271 e. The summed E-state index contributed by atoms with van der Waals surface area (Å²) in [6.07, 6.45) is 4.51. The van der Waals surface area contributed by atoms with Crippen LogP contribution in [0.4, 0.5) is 0 Å². The first kappa shape index (κ1) is 14.1. The molecule has 1 aromatic rings. The number of piperidine rings is 1. The van der Waals surface area contributed by atoms with Crippen molar-refractivity contribution in [2.24, 2.45) is 0 Å². The molecule has 2 atom stereocenters. The second-order valence-corrected chi connectivity index (χ2v) is 6.29. The van der Waals surface area contributed by atoms with Crippen LogP contribution in [0, 0.1) is 0 Å². The molecule has 0 radical (unpaired) electrons. The minimum atomic E-state index is -0.228. The van der Waals surface area contributed by atoms with Crippen LogP contribution >= 0.6 is 23.2 Å². The Labute approximate surface area is 128 Å². The van der Waals surface area contributed by atoms with Crippen LogP contribution < -0.4 is 5.32 Å². The fourth-order valence-corrected chi connectivity index (χ4v) is 3.53. The molecule has 6 heteroatoms. The van der Waals surface area contributed by atoms with E-state index in [9.17, 15) is 4.79 Å². The molecule has 108 valence electrons. The molecule has 3 heterocycles. The van der Waals surface area contributed by atoms with Gasteiger partial charge in [0.05, 0.1) is 5.02 Å². The summed E-state index contributed by atoms with van der Waals surface area (Å²) < 4.78 is 0. The predicted molar refractivity (Wildman–Crippen MR) is 79.3 cm³/mol. The molecule has 2 unspecified atom stereocenters. The number of carbonyl (C=O) groups is 1. The van der Waals surface area contributed by atoms with Crippen molar-refractivity contribution in [3.8, 4) is 0 Å². The molecule has 20 heavy (non-hydrogen) atoms. The van der Waals surface area contributed by atoms with E-state index in [0.717, 1.165) is 19.4 Å². The molecule has 1 N–H and O–H groups in total. The highest BCUT2D eigenvalue weighted by Crippen LogP contribution is 2.27. The van der Waals surface area contributed by atoms with Crippen LogP contribution in [0.5, 0.6) is 0 Å². The Morgan fingerprint density at radius 2 is 2.15 bits per heavy atom. The van der Waals surface area contributed by atoms with Gasteiger partial charge in [-0.05, 0) is 44.4 Å². The monoisotopic (exact) mass is 313 g/mol. The first-order chi connectivity index (χ1) is 9.63. The molecule has 3 rings (SSSR count). The Kier molecular flexibility index (Phi) is 4.15. The number of carbonyl (C=O) groups excluding carboxylic acids is 1. The van der Waals surface area contributed by atoms with Gasteiger partial charge >= 0.3 is 0 Å². The van der Waals surface area contributed by atoms with E-state index >= 15 is 0 Å². The summed E-state index contributed by atoms with van der Waals surface area (Å²) in [4.78, 5) is 18.8. The Hall–Kier alpha value is -0.840. The Morgan fingerprint density at radius 3 is 3.00 bits per heavy atom. The summed E-state index contributed by atoms with van der Waals surface area (Å²) in [6.45, 7) is 2.26. The van der Waals surface area contributed by atoms with Crippen molar-refractivity contribution in [3.63, 3.8) is 0 Å². The van der Waals surface area contributed by atoms with Gasteiger partial charge in [-0.1, -0.05) is 23.2 Å². The average molecular weight is 314 g/mol. The van der Waals surface area contributed by atoms with Gasteiger partial charge in [-0.15, -0.1) is 0 Å². The molecule has 0 bridgehead atoms. The number of nitrogens with one attached hydrogen (secondary N) is 1. The first-order valence-electron chi connectivity index (χ1n) is 7.00. The van der Waals surface area contributed by atoms with Crippen molar-refractivity contribution in [1.82, 2.24) is 15.2 Å². The maximum atomic E-state index is 12.2. The maximum Gasteiger partial charge on any atom is 0.271 e. The number of hydrogen-bond donors (Lipinski definition) is 1. The number of pyridine rings is 1. The van der Waals surface area contributed by atoms with E-state index in [0.29, 0.717) is 11.1 Å². The lowest BCUT2D eigenvalue weighted by Gasteiger charge is -2.35. The van der Waals surface area contributed by atoms with Gasteiger partial charge in [0.2, 0.25) is 0 Å². The summed E-state index contributed by atoms with van der Waals surface area (Å²) in [7, 11) is 0.